The Morgan fingerprint density at radius 3 is 1.88 bits per heavy atom. The van der Waals surface area contributed by atoms with Crippen molar-refractivity contribution in [1.82, 2.24) is 0 Å². The molecule has 1 heterocycles. The topological polar surface area (TPSA) is 3.24 Å². The van der Waals surface area contributed by atoms with Crippen molar-refractivity contribution in [3.8, 4) is 22.3 Å². The van der Waals surface area contributed by atoms with Gasteiger partial charge in [-0.3, -0.25) is 0 Å². The molecule has 0 radical (unpaired) electrons. The van der Waals surface area contributed by atoms with Gasteiger partial charge in [-0.25, -0.2) is 0 Å². The van der Waals surface area contributed by atoms with Crippen molar-refractivity contribution in [2.75, 3.05) is 4.90 Å². The van der Waals surface area contributed by atoms with Gasteiger partial charge in [-0.05, 0) is 97.5 Å². The van der Waals surface area contributed by atoms with Crippen LogP contribution in [0.2, 0.25) is 0 Å². The summed E-state index contributed by atoms with van der Waals surface area (Å²) in [5.41, 5.74) is 8.19. The lowest BCUT2D eigenvalue weighted by Gasteiger charge is -2.28. The summed E-state index contributed by atoms with van der Waals surface area (Å²) in [6.07, 6.45) is 0. The van der Waals surface area contributed by atoms with Crippen LogP contribution in [-0.4, -0.2) is 0 Å². The molecule has 0 saturated carbocycles. The molecule has 10 aromatic rings. The predicted molar refractivity (Wildman–Crippen MR) is 217 cm³/mol. The summed E-state index contributed by atoms with van der Waals surface area (Å²) in [6.45, 7) is 0. The molecule has 0 atom stereocenters. The monoisotopic (exact) mass is 653 g/mol. The van der Waals surface area contributed by atoms with Gasteiger partial charge in [0.05, 0.1) is 5.69 Å². The number of hydrogen-bond acceptors (Lipinski definition) is 2. The Bertz CT molecular complexity index is 2870. The van der Waals surface area contributed by atoms with Crippen LogP contribution >= 0.6 is 11.3 Å². The Hall–Kier alpha value is -6.22. The van der Waals surface area contributed by atoms with Crippen LogP contribution in [-0.2, 0) is 0 Å². The van der Waals surface area contributed by atoms with Crippen LogP contribution in [0.3, 0.4) is 0 Å². The highest BCUT2D eigenvalue weighted by atomic mass is 32.1. The molecule has 2 heteroatoms. The second-order valence-electron chi connectivity index (χ2n) is 12.9. The minimum atomic E-state index is 1.11. The average Bonchev–Trinajstić information content (AvgIpc) is 3.58. The maximum absolute atomic E-state index is 2.41. The number of para-hydroxylation sites is 1. The standard InChI is InChI=1S/C48H31NS/c1-2-10-33(11-3-1)41-14-6-8-16-45(41)49(39-27-22-35-19-18-34-12-4-5-13-40(34)44(35)31-39)38-25-20-32(21-26-38)36-23-28-42-37(30-36)24-29-47-48(42)43-15-7-9-17-46(43)50-47/h1-31H. The highest BCUT2D eigenvalue weighted by Crippen LogP contribution is 2.43. The third-order valence-electron chi connectivity index (χ3n) is 10.0. The van der Waals surface area contributed by atoms with Crippen molar-refractivity contribution in [2.24, 2.45) is 0 Å². The quantitative estimate of drug-likeness (QED) is 0.167. The van der Waals surface area contributed by atoms with Gasteiger partial charge < -0.3 is 4.90 Å². The zero-order valence-corrected chi connectivity index (χ0v) is 28.1. The fraction of sp³-hybridized carbons (Fsp3) is 0. The highest BCUT2D eigenvalue weighted by molar-refractivity contribution is 7.26. The number of nitrogens with zero attached hydrogens (tertiary/aromatic N) is 1. The summed E-state index contributed by atoms with van der Waals surface area (Å²) in [5.74, 6) is 0. The van der Waals surface area contributed by atoms with Gasteiger partial charge in [0, 0.05) is 37.1 Å². The van der Waals surface area contributed by atoms with Crippen molar-refractivity contribution in [2.45, 2.75) is 0 Å². The van der Waals surface area contributed by atoms with Gasteiger partial charge in [0.2, 0.25) is 0 Å². The Kier molecular flexibility index (Phi) is 6.75. The molecule has 0 aliphatic rings. The third-order valence-corrected chi connectivity index (χ3v) is 11.2. The molecule has 0 N–H and O–H groups in total. The highest BCUT2D eigenvalue weighted by Gasteiger charge is 2.18. The fourth-order valence-electron chi connectivity index (χ4n) is 7.62. The first kappa shape index (κ1) is 28.8. The fourth-order valence-corrected chi connectivity index (χ4v) is 8.74. The Morgan fingerprint density at radius 2 is 1.00 bits per heavy atom. The molecule has 0 unspecified atom stereocenters. The molecule has 234 valence electrons. The van der Waals surface area contributed by atoms with Crippen LogP contribution < -0.4 is 4.90 Å². The zero-order valence-electron chi connectivity index (χ0n) is 27.3. The number of benzene rings is 9. The molecule has 0 spiro atoms. The van der Waals surface area contributed by atoms with Gasteiger partial charge >= 0.3 is 0 Å². The van der Waals surface area contributed by atoms with Gasteiger partial charge in [0.1, 0.15) is 0 Å². The number of hydrogen-bond donors (Lipinski definition) is 0. The number of anilines is 3. The van der Waals surface area contributed by atoms with E-state index in [-0.39, 0.29) is 0 Å². The largest absolute Gasteiger partial charge is 0.310 e. The van der Waals surface area contributed by atoms with Crippen LogP contribution in [0.1, 0.15) is 0 Å². The lowest BCUT2D eigenvalue weighted by Crippen LogP contribution is -2.11. The molecule has 0 aliphatic heterocycles. The van der Waals surface area contributed by atoms with Crippen molar-refractivity contribution in [1.29, 1.82) is 0 Å². The number of fused-ring (bicyclic) bond motifs is 8. The first-order valence-corrected chi connectivity index (χ1v) is 17.9. The van der Waals surface area contributed by atoms with E-state index in [0.717, 1.165) is 17.1 Å². The van der Waals surface area contributed by atoms with E-state index >= 15 is 0 Å². The number of thiophene rings is 1. The summed E-state index contributed by atoms with van der Waals surface area (Å²) < 4.78 is 2.68. The van der Waals surface area contributed by atoms with Gasteiger partial charge in [-0.15, -0.1) is 11.3 Å². The van der Waals surface area contributed by atoms with E-state index in [4.69, 9.17) is 0 Å². The van der Waals surface area contributed by atoms with Crippen LogP contribution in [0.5, 0.6) is 0 Å². The molecule has 10 rings (SSSR count). The maximum atomic E-state index is 2.41. The molecule has 9 aromatic carbocycles. The summed E-state index contributed by atoms with van der Waals surface area (Å²) in [4.78, 5) is 2.41. The van der Waals surface area contributed by atoms with E-state index in [9.17, 15) is 0 Å². The van der Waals surface area contributed by atoms with Crippen molar-refractivity contribution in [3.05, 3.63) is 188 Å². The smallest absolute Gasteiger partial charge is 0.0540 e. The summed E-state index contributed by atoms with van der Waals surface area (Å²) in [5, 5.41) is 10.3. The second kappa shape index (κ2) is 11.7. The van der Waals surface area contributed by atoms with Gasteiger partial charge in [0.15, 0.2) is 0 Å². The van der Waals surface area contributed by atoms with Crippen LogP contribution in [0.25, 0.3) is 74.7 Å². The van der Waals surface area contributed by atoms with E-state index in [1.165, 1.54) is 74.7 Å². The van der Waals surface area contributed by atoms with Gasteiger partial charge in [-0.2, -0.15) is 0 Å². The molecule has 0 amide bonds. The van der Waals surface area contributed by atoms with Crippen LogP contribution in [0.4, 0.5) is 17.1 Å². The van der Waals surface area contributed by atoms with E-state index in [2.05, 4.69) is 193 Å². The first-order chi connectivity index (χ1) is 24.8. The van der Waals surface area contributed by atoms with Gasteiger partial charge in [0.25, 0.3) is 0 Å². The molecule has 0 fully saturated rings. The molecular weight excluding hydrogens is 623 g/mol. The Balaban J connectivity index is 1.11. The van der Waals surface area contributed by atoms with Crippen LogP contribution in [0, 0.1) is 0 Å². The lowest BCUT2D eigenvalue weighted by molar-refractivity contribution is 1.29. The van der Waals surface area contributed by atoms with E-state index in [0.29, 0.717) is 0 Å². The van der Waals surface area contributed by atoms with Crippen molar-refractivity contribution in [3.63, 3.8) is 0 Å². The van der Waals surface area contributed by atoms with Crippen LogP contribution in [0.15, 0.2) is 188 Å². The molecule has 0 aliphatic carbocycles. The molecular formula is C48H31NS. The summed E-state index contributed by atoms with van der Waals surface area (Å²) >= 11 is 1.87. The minimum Gasteiger partial charge on any atom is -0.310 e. The van der Waals surface area contributed by atoms with E-state index < -0.39 is 0 Å². The molecule has 0 saturated heterocycles. The molecule has 1 aromatic heterocycles. The summed E-state index contributed by atoms with van der Waals surface area (Å²) in [6, 6.07) is 68.7. The first-order valence-electron chi connectivity index (χ1n) is 17.1. The normalized spacial score (nSPS) is 11.6. The molecule has 1 nitrogen and oxygen atoms in total. The van der Waals surface area contributed by atoms with E-state index in [1.54, 1.807) is 0 Å². The Labute approximate surface area is 294 Å². The number of rotatable bonds is 5. The van der Waals surface area contributed by atoms with Crippen molar-refractivity contribution >= 4 is 80.9 Å². The van der Waals surface area contributed by atoms with Crippen molar-refractivity contribution < 1.29 is 0 Å². The predicted octanol–water partition coefficient (Wildman–Crippen LogP) is 14.3. The summed E-state index contributed by atoms with van der Waals surface area (Å²) in [7, 11) is 0. The van der Waals surface area contributed by atoms with Gasteiger partial charge in [-0.1, -0.05) is 140 Å². The zero-order chi connectivity index (χ0) is 33.0. The maximum Gasteiger partial charge on any atom is 0.0540 e. The SMILES string of the molecule is c1ccc(-c2ccccc2N(c2ccc(-c3ccc4c(ccc5sc6ccccc6c54)c3)cc2)c2ccc3ccc4ccccc4c3c2)cc1. The second-order valence-corrected chi connectivity index (χ2v) is 14.0. The molecule has 0 bridgehead atoms. The lowest BCUT2D eigenvalue weighted by atomic mass is 9.97. The van der Waals surface area contributed by atoms with E-state index in [1.807, 2.05) is 11.3 Å². The molecule has 50 heavy (non-hydrogen) atoms. The minimum absolute atomic E-state index is 1.11. The third kappa shape index (κ3) is 4.76. The average molecular weight is 654 g/mol. The Morgan fingerprint density at radius 1 is 0.340 bits per heavy atom.